The normalized spacial score (nSPS) is 16.0. The van der Waals surface area contributed by atoms with Gasteiger partial charge in [-0.1, -0.05) is 29.8 Å². The fraction of sp³-hybridized carbons (Fsp3) is 0.438. The number of amides is 1. The molecule has 0 atom stereocenters. The second-order valence-electron chi connectivity index (χ2n) is 5.46. The minimum atomic E-state index is -0.0665. The van der Waals surface area contributed by atoms with Crippen LogP contribution in [-0.2, 0) is 4.74 Å². The van der Waals surface area contributed by atoms with Crippen molar-refractivity contribution < 1.29 is 14.4 Å². The number of hydrogen-bond acceptors (Lipinski definition) is 3. The first-order valence-electron chi connectivity index (χ1n) is 7.62. The van der Waals surface area contributed by atoms with Crippen molar-refractivity contribution in [2.75, 3.05) is 39.4 Å². The number of ether oxygens (including phenoxy) is 1. The average molecular weight is 340 g/mol. The molecule has 2 N–H and O–H groups in total. The fourth-order valence-electron chi connectivity index (χ4n) is 2.69. The zero-order valence-electron chi connectivity index (χ0n) is 12.4. The van der Waals surface area contributed by atoms with Crippen molar-refractivity contribution in [1.82, 2.24) is 5.32 Å². The smallest absolute Gasteiger partial charge is 0.262 e. The van der Waals surface area contributed by atoms with E-state index in [1.165, 1.54) is 11.3 Å². The molecule has 0 unspecified atom stereocenters. The van der Waals surface area contributed by atoms with Crippen molar-refractivity contribution in [2.45, 2.75) is 6.42 Å². The second-order valence-corrected chi connectivity index (χ2v) is 6.89. The Bertz CT molecular complexity index is 653. The number of carbonyl (C=O) groups is 1. The monoisotopic (exact) mass is 339 g/mol. The van der Waals surface area contributed by atoms with Crippen molar-refractivity contribution in [3.05, 3.63) is 34.2 Å². The Balaban J connectivity index is 1.51. The second kappa shape index (κ2) is 7.42. The number of halogens is 1. The summed E-state index contributed by atoms with van der Waals surface area (Å²) >= 11 is 7.77. The van der Waals surface area contributed by atoms with Gasteiger partial charge in [-0.05, 0) is 6.07 Å². The molecule has 1 fully saturated rings. The van der Waals surface area contributed by atoms with Crippen LogP contribution < -0.4 is 10.2 Å². The average Bonchev–Trinajstić information content (AvgIpc) is 2.90. The number of thiophene rings is 1. The quantitative estimate of drug-likeness (QED) is 0.812. The number of hydrogen-bond donors (Lipinski definition) is 2. The zero-order valence-corrected chi connectivity index (χ0v) is 13.9. The van der Waals surface area contributed by atoms with Crippen molar-refractivity contribution >= 4 is 38.9 Å². The summed E-state index contributed by atoms with van der Waals surface area (Å²) in [5.74, 6) is -0.0665. The lowest BCUT2D eigenvalue weighted by atomic mass is 10.2. The summed E-state index contributed by atoms with van der Waals surface area (Å²) in [7, 11) is 0. The zero-order chi connectivity index (χ0) is 15.4. The van der Waals surface area contributed by atoms with E-state index < -0.39 is 0 Å². The lowest BCUT2D eigenvalue weighted by Crippen LogP contribution is -3.14. The molecule has 3 rings (SSSR count). The summed E-state index contributed by atoms with van der Waals surface area (Å²) in [6, 6.07) is 7.84. The maximum atomic E-state index is 12.3. The van der Waals surface area contributed by atoms with Crippen LogP contribution >= 0.6 is 22.9 Å². The van der Waals surface area contributed by atoms with Gasteiger partial charge in [-0.2, -0.15) is 0 Å². The van der Waals surface area contributed by atoms with Crippen LogP contribution in [0.5, 0.6) is 0 Å². The van der Waals surface area contributed by atoms with Gasteiger partial charge in [0.05, 0.1) is 24.8 Å². The van der Waals surface area contributed by atoms with E-state index in [4.69, 9.17) is 16.3 Å². The highest BCUT2D eigenvalue weighted by Gasteiger charge is 2.17. The van der Waals surface area contributed by atoms with Crippen molar-refractivity contribution in [3.8, 4) is 0 Å². The Hall–Kier alpha value is -1.14. The van der Waals surface area contributed by atoms with Crippen molar-refractivity contribution in [2.24, 2.45) is 0 Å². The van der Waals surface area contributed by atoms with Crippen LogP contribution in [0, 0.1) is 0 Å². The molecule has 0 aliphatic carbocycles. The molecule has 1 aromatic heterocycles. The topological polar surface area (TPSA) is 42.8 Å². The Morgan fingerprint density at radius 1 is 1.32 bits per heavy atom. The highest BCUT2D eigenvalue weighted by molar-refractivity contribution is 7.21. The predicted octanol–water partition coefficient (Wildman–Crippen LogP) is 1.59. The third-order valence-corrected chi connectivity index (χ3v) is 5.61. The Morgan fingerprint density at radius 2 is 2.09 bits per heavy atom. The first-order chi connectivity index (χ1) is 10.8. The molecule has 118 valence electrons. The van der Waals surface area contributed by atoms with E-state index in [0.29, 0.717) is 16.4 Å². The number of benzene rings is 1. The maximum absolute atomic E-state index is 12.3. The van der Waals surface area contributed by atoms with Gasteiger partial charge in [0.15, 0.2) is 0 Å². The Kier molecular flexibility index (Phi) is 5.31. The summed E-state index contributed by atoms with van der Waals surface area (Å²) < 4.78 is 6.39. The number of carbonyl (C=O) groups excluding carboxylic acids is 1. The minimum Gasteiger partial charge on any atom is -0.370 e. The number of quaternary nitrogens is 1. The molecule has 22 heavy (non-hydrogen) atoms. The van der Waals surface area contributed by atoms with Gasteiger partial charge < -0.3 is 15.0 Å². The minimum absolute atomic E-state index is 0.0665. The summed E-state index contributed by atoms with van der Waals surface area (Å²) in [6.07, 6.45) is 0.976. The first kappa shape index (κ1) is 15.7. The van der Waals surface area contributed by atoms with Crippen molar-refractivity contribution in [1.29, 1.82) is 0 Å². The number of nitrogens with one attached hydrogen (secondary N) is 2. The molecule has 6 heteroatoms. The van der Waals surface area contributed by atoms with Crippen molar-refractivity contribution in [3.63, 3.8) is 0 Å². The van der Waals surface area contributed by atoms with Gasteiger partial charge in [-0.15, -0.1) is 11.3 Å². The summed E-state index contributed by atoms with van der Waals surface area (Å²) in [5.41, 5.74) is 0. The van der Waals surface area contributed by atoms with Crippen LogP contribution in [0.1, 0.15) is 16.1 Å². The van der Waals surface area contributed by atoms with Gasteiger partial charge in [0.25, 0.3) is 5.91 Å². The van der Waals surface area contributed by atoms with E-state index in [9.17, 15) is 4.79 Å². The Labute approximate surface area is 139 Å². The maximum Gasteiger partial charge on any atom is 0.262 e. The molecule has 1 aromatic carbocycles. The summed E-state index contributed by atoms with van der Waals surface area (Å²) in [5, 5.41) is 4.50. The third kappa shape index (κ3) is 3.60. The SMILES string of the molecule is O=C(NCCC[NH+]1CCOCC1)c1sc2ccccc2c1Cl. The lowest BCUT2D eigenvalue weighted by Gasteiger charge is -2.23. The number of fused-ring (bicyclic) bond motifs is 1. The molecule has 1 aliphatic heterocycles. The molecule has 0 saturated carbocycles. The highest BCUT2D eigenvalue weighted by atomic mass is 35.5. The summed E-state index contributed by atoms with van der Waals surface area (Å²) in [4.78, 5) is 14.4. The van der Waals surface area contributed by atoms with Crippen LogP contribution in [0.3, 0.4) is 0 Å². The standard InChI is InChI=1S/C16H19ClN2O2S/c17-14-12-4-1-2-5-13(12)22-15(14)16(20)18-6-3-7-19-8-10-21-11-9-19/h1-2,4-5H,3,6-11H2,(H,18,20)/p+1. The fourth-order valence-corrected chi connectivity index (χ4v) is 4.12. The third-order valence-electron chi connectivity index (χ3n) is 3.93. The molecule has 4 nitrogen and oxygen atoms in total. The molecule has 1 aliphatic rings. The summed E-state index contributed by atoms with van der Waals surface area (Å²) in [6.45, 7) is 5.59. The van der Waals surface area contributed by atoms with E-state index >= 15 is 0 Å². The van der Waals surface area contributed by atoms with E-state index in [2.05, 4.69) is 5.32 Å². The van der Waals surface area contributed by atoms with Gasteiger partial charge in [0.1, 0.15) is 18.0 Å². The van der Waals surface area contributed by atoms with Crippen LogP contribution in [0.15, 0.2) is 24.3 Å². The molecule has 0 spiro atoms. The molecule has 0 bridgehead atoms. The van der Waals surface area contributed by atoms with E-state index in [1.807, 2.05) is 24.3 Å². The van der Waals surface area contributed by atoms with Gasteiger partial charge in [0, 0.05) is 23.1 Å². The molecular weight excluding hydrogens is 320 g/mol. The van der Waals surface area contributed by atoms with Gasteiger partial charge in [0.2, 0.25) is 0 Å². The van der Waals surface area contributed by atoms with Gasteiger partial charge in [-0.25, -0.2) is 0 Å². The number of morpholine rings is 1. The molecular formula is C16H20ClN2O2S+. The molecule has 2 heterocycles. The molecule has 1 saturated heterocycles. The van der Waals surface area contributed by atoms with E-state index in [-0.39, 0.29) is 5.91 Å². The largest absolute Gasteiger partial charge is 0.370 e. The molecule has 1 amide bonds. The van der Waals surface area contributed by atoms with Gasteiger partial charge in [-0.3, -0.25) is 4.79 Å². The van der Waals surface area contributed by atoms with Crippen LogP contribution in [0.4, 0.5) is 0 Å². The molecule has 2 aromatic rings. The first-order valence-corrected chi connectivity index (χ1v) is 8.81. The Morgan fingerprint density at radius 3 is 2.86 bits per heavy atom. The van der Waals surface area contributed by atoms with Gasteiger partial charge >= 0.3 is 0 Å². The molecule has 0 radical (unpaired) electrons. The van der Waals surface area contributed by atoms with Crippen LogP contribution in [0.2, 0.25) is 5.02 Å². The van der Waals surface area contributed by atoms with E-state index in [0.717, 1.165) is 49.4 Å². The predicted molar refractivity (Wildman–Crippen MR) is 90.2 cm³/mol. The van der Waals surface area contributed by atoms with Crippen LogP contribution in [0.25, 0.3) is 10.1 Å². The van der Waals surface area contributed by atoms with E-state index in [1.54, 1.807) is 4.90 Å². The lowest BCUT2D eigenvalue weighted by molar-refractivity contribution is -0.908. The van der Waals surface area contributed by atoms with Crippen LogP contribution in [-0.4, -0.2) is 45.3 Å². The number of rotatable bonds is 5. The highest BCUT2D eigenvalue weighted by Crippen LogP contribution is 2.34.